The number of Topliss-reactive ketones (excluding diaryl/α,β-unsaturated/α-hetero) is 1. The van der Waals surface area contributed by atoms with Crippen molar-refractivity contribution in [2.24, 2.45) is 0 Å². The molecule has 2 saturated heterocycles. The van der Waals surface area contributed by atoms with Crippen molar-refractivity contribution in [3.8, 4) is 11.1 Å². The van der Waals surface area contributed by atoms with Crippen LogP contribution in [-0.2, 0) is 4.74 Å². The molecule has 2 heterocycles. The lowest BCUT2D eigenvalue weighted by atomic mass is 9.97. The topological polar surface area (TPSA) is 49.9 Å². The third-order valence-corrected chi connectivity index (χ3v) is 5.59. The number of rotatable bonds is 4. The van der Waals surface area contributed by atoms with Crippen molar-refractivity contribution in [2.45, 2.75) is 19.8 Å². The van der Waals surface area contributed by atoms with Crippen molar-refractivity contribution < 1.29 is 14.3 Å². The van der Waals surface area contributed by atoms with E-state index in [2.05, 4.69) is 4.90 Å². The largest absolute Gasteiger partial charge is 0.378 e. The predicted octanol–water partition coefficient (Wildman–Crippen LogP) is 3.63. The molecule has 28 heavy (non-hydrogen) atoms. The van der Waals surface area contributed by atoms with Crippen molar-refractivity contribution in [1.82, 2.24) is 4.90 Å². The molecule has 146 valence electrons. The second-order valence-electron chi connectivity index (χ2n) is 7.46. The molecule has 0 saturated carbocycles. The maximum absolute atomic E-state index is 12.6. The average Bonchev–Trinajstić information content (AvgIpc) is 3.28. The standard InChI is InChI=1S/C23H26N2O3/c1-17(26)20-8-9-22(24-12-14-28-15-13-24)21(16-20)18-4-6-19(7-5-18)23(27)25-10-2-3-11-25/h4-9,16H,2-3,10-15H2,1H3. The van der Waals surface area contributed by atoms with E-state index < -0.39 is 0 Å². The summed E-state index contributed by atoms with van der Waals surface area (Å²) >= 11 is 0. The van der Waals surface area contributed by atoms with Crippen LogP contribution in [0.2, 0.25) is 0 Å². The second-order valence-corrected chi connectivity index (χ2v) is 7.46. The summed E-state index contributed by atoms with van der Waals surface area (Å²) in [4.78, 5) is 28.8. The quantitative estimate of drug-likeness (QED) is 0.763. The fraction of sp³-hybridized carbons (Fsp3) is 0.391. The van der Waals surface area contributed by atoms with Gasteiger partial charge in [-0.3, -0.25) is 9.59 Å². The molecule has 0 spiro atoms. The Hall–Kier alpha value is -2.66. The molecule has 2 aliphatic rings. The number of likely N-dealkylation sites (tertiary alicyclic amines) is 1. The van der Waals surface area contributed by atoms with E-state index in [-0.39, 0.29) is 11.7 Å². The summed E-state index contributed by atoms with van der Waals surface area (Å²) in [7, 11) is 0. The van der Waals surface area contributed by atoms with E-state index >= 15 is 0 Å². The van der Waals surface area contributed by atoms with Crippen LogP contribution in [0.4, 0.5) is 5.69 Å². The van der Waals surface area contributed by atoms with Crippen LogP contribution in [0.3, 0.4) is 0 Å². The molecule has 2 aliphatic heterocycles. The number of ketones is 1. The SMILES string of the molecule is CC(=O)c1ccc(N2CCOCC2)c(-c2ccc(C(=O)N3CCCC3)cc2)c1. The minimum Gasteiger partial charge on any atom is -0.378 e. The summed E-state index contributed by atoms with van der Waals surface area (Å²) in [5.41, 5.74) is 4.56. The first-order valence-corrected chi connectivity index (χ1v) is 10.0. The number of nitrogens with zero attached hydrogens (tertiary/aromatic N) is 2. The highest BCUT2D eigenvalue weighted by atomic mass is 16.5. The summed E-state index contributed by atoms with van der Waals surface area (Å²) in [5, 5.41) is 0. The minimum absolute atomic E-state index is 0.0515. The molecular formula is C23H26N2O3. The van der Waals surface area contributed by atoms with Gasteiger partial charge in [0, 0.05) is 48.6 Å². The fourth-order valence-corrected chi connectivity index (χ4v) is 3.96. The normalized spacial score (nSPS) is 17.0. The molecule has 0 N–H and O–H groups in total. The first-order chi connectivity index (χ1) is 13.6. The Morgan fingerprint density at radius 3 is 2.14 bits per heavy atom. The first-order valence-electron chi connectivity index (χ1n) is 10.0. The van der Waals surface area contributed by atoms with Gasteiger partial charge in [-0.25, -0.2) is 0 Å². The number of anilines is 1. The van der Waals surface area contributed by atoms with Crippen LogP contribution < -0.4 is 4.90 Å². The maximum atomic E-state index is 12.6. The molecule has 5 heteroatoms. The zero-order chi connectivity index (χ0) is 19.5. The van der Waals surface area contributed by atoms with E-state index in [0.29, 0.717) is 18.8 Å². The predicted molar refractivity (Wildman–Crippen MR) is 110 cm³/mol. The van der Waals surface area contributed by atoms with Crippen molar-refractivity contribution in [3.63, 3.8) is 0 Å². The Morgan fingerprint density at radius 1 is 0.857 bits per heavy atom. The fourth-order valence-electron chi connectivity index (χ4n) is 3.96. The van der Waals surface area contributed by atoms with E-state index in [0.717, 1.165) is 61.4 Å². The molecule has 0 atom stereocenters. The summed E-state index contributed by atoms with van der Waals surface area (Å²) in [6.07, 6.45) is 2.18. The number of morpholine rings is 1. The van der Waals surface area contributed by atoms with Crippen molar-refractivity contribution in [1.29, 1.82) is 0 Å². The molecular weight excluding hydrogens is 352 g/mol. The molecule has 0 aromatic heterocycles. The third-order valence-electron chi connectivity index (χ3n) is 5.59. The molecule has 4 rings (SSSR count). The lowest BCUT2D eigenvalue weighted by Crippen LogP contribution is -2.36. The number of hydrogen-bond acceptors (Lipinski definition) is 4. The van der Waals surface area contributed by atoms with Crippen LogP contribution in [0.15, 0.2) is 42.5 Å². The number of carbonyl (C=O) groups excluding carboxylic acids is 2. The van der Waals surface area contributed by atoms with E-state index in [4.69, 9.17) is 4.74 Å². The Balaban J connectivity index is 1.67. The highest BCUT2D eigenvalue weighted by Gasteiger charge is 2.20. The van der Waals surface area contributed by atoms with Gasteiger partial charge in [-0.15, -0.1) is 0 Å². The number of benzene rings is 2. The van der Waals surface area contributed by atoms with Gasteiger partial charge in [-0.05, 0) is 55.7 Å². The molecule has 2 aromatic carbocycles. The maximum Gasteiger partial charge on any atom is 0.253 e. The van der Waals surface area contributed by atoms with Crippen LogP contribution in [0.25, 0.3) is 11.1 Å². The average molecular weight is 378 g/mol. The highest BCUT2D eigenvalue weighted by molar-refractivity contribution is 5.98. The Labute approximate surface area is 165 Å². The number of carbonyl (C=O) groups is 2. The highest BCUT2D eigenvalue weighted by Crippen LogP contribution is 2.33. The Morgan fingerprint density at radius 2 is 1.50 bits per heavy atom. The number of amides is 1. The molecule has 5 nitrogen and oxygen atoms in total. The molecule has 2 aromatic rings. The van der Waals surface area contributed by atoms with Gasteiger partial charge >= 0.3 is 0 Å². The molecule has 0 bridgehead atoms. The number of ether oxygens (including phenoxy) is 1. The van der Waals surface area contributed by atoms with E-state index in [1.54, 1.807) is 6.92 Å². The zero-order valence-electron chi connectivity index (χ0n) is 16.3. The van der Waals surface area contributed by atoms with Gasteiger partial charge in [0.05, 0.1) is 13.2 Å². The van der Waals surface area contributed by atoms with E-state index in [1.165, 1.54) is 0 Å². The van der Waals surface area contributed by atoms with Crippen LogP contribution >= 0.6 is 0 Å². The number of hydrogen-bond donors (Lipinski definition) is 0. The van der Waals surface area contributed by atoms with Gasteiger partial charge in [-0.1, -0.05) is 12.1 Å². The van der Waals surface area contributed by atoms with Crippen LogP contribution in [0, 0.1) is 0 Å². The summed E-state index contributed by atoms with van der Waals surface area (Å²) < 4.78 is 5.48. The van der Waals surface area contributed by atoms with Gasteiger partial charge in [0.25, 0.3) is 5.91 Å². The second kappa shape index (κ2) is 8.15. The van der Waals surface area contributed by atoms with Gasteiger partial charge < -0.3 is 14.5 Å². The van der Waals surface area contributed by atoms with Crippen LogP contribution in [0.5, 0.6) is 0 Å². The lowest BCUT2D eigenvalue weighted by Gasteiger charge is -2.31. The van der Waals surface area contributed by atoms with Gasteiger partial charge in [0.1, 0.15) is 0 Å². The summed E-state index contributed by atoms with van der Waals surface area (Å²) in [6.45, 7) is 6.36. The van der Waals surface area contributed by atoms with Crippen molar-refractivity contribution in [2.75, 3.05) is 44.3 Å². The van der Waals surface area contributed by atoms with Crippen molar-refractivity contribution in [3.05, 3.63) is 53.6 Å². The van der Waals surface area contributed by atoms with E-state index in [9.17, 15) is 9.59 Å². The molecule has 1 amide bonds. The van der Waals surface area contributed by atoms with Crippen LogP contribution in [0.1, 0.15) is 40.5 Å². The zero-order valence-corrected chi connectivity index (χ0v) is 16.3. The lowest BCUT2D eigenvalue weighted by molar-refractivity contribution is 0.0792. The smallest absolute Gasteiger partial charge is 0.253 e. The third kappa shape index (κ3) is 3.80. The molecule has 0 unspecified atom stereocenters. The Kier molecular flexibility index (Phi) is 5.44. The van der Waals surface area contributed by atoms with Gasteiger partial charge in [-0.2, -0.15) is 0 Å². The minimum atomic E-state index is 0.0515. The monoisotopic (exact) mass is 378 g/mol. The summed E-state index contributed by atoms with van der Waals surface area (Å²) in [5.74, 6) is 0.158. The van der Waals surface area contributed by atoms with Crippen LogP contribution in [-0.4, -0.2) is 56.0 Å². The molecule has 0 aliphatic carbocycles. The van der Waals surface area contributed by atoms with Crippen molar-refractivity contribution >= 4 is 17.4 Å². The molecule has 2 fully saturated rings. The van der Waals surface area contributed by atoms with Gasteiger partial charge in [0.2, 0.25) is 0 Å². The Bertz CT molecular complexity index is 864. The summed E-state index contributed by atoms with van der Waals surface area (Å²) in [6, 6.07) is 13.7. The van der Waals surface area contributed by atoms with E-state index in [1.807, 2.05) is 47.4 Å². The van der Waals surface area contributed by atoms with Gasteiger partial charge in [0.15, 0.2) is 5.78 Å². The first kappa shape index (κ1) is 18.7. The molecule has 0 radical (unpaired) electrons.